The van der Waals surface area contributed by atoms with Crippen LogP contribution in [0.3, 0.4) is 0 Å². The van der Waals surface area contributed by atoms with Crippen molar-refractivity contribution in [3.63, 3.8) is 0 Å². The third kappa shape index (κ3) is 1.33. The molecule has 1 aromatic carbocycles. The summed E-state index contributed by atoms with van der Waals surface area (Å²) >= 11 is 3.12. The quantitative estimate of drug-likeness (QED) is 0.719. The molecule has 1 heterocycles. The van der Waals surface area contributed by atoms with E-state index in [1.165, 1.54) is 12.1 Å². The Labute approximate surface area is 109 Å². The largest absolute Gasteiger partial charge is 0.322 e. The monoisotopic (exact) mass is 316 g/mol. The topological polar surface area (TPSA) is 58.2 Å². The number of urea groups is 1. The standard InChI is InChI=1S/C11H7BrF2N2O2/c12-5-1-2-6-7(3-5)11(13,14)4-10(6)8(17)15-9(18)16-10/h1-3H,4H2,(H2,15,16,17,18)/t10-/m0/s1. The molecule has 0 unspecified atom stereocenters. The average molecular weight is 317 g/mol. The second-order valence-electron chi connectivity index (χ2n) is 4.38. The molecule has 0 aromatic heterocycles. The summed E-state index contributed by atoms with van der Waals surface area (Å²) in [6.07, 6.45) is -0.747. The van der Waals surface area contributed by atoms with Crippen LogP contribution < -0.4 is 10.6 Å². The summed E-state index contributed by atoms with van der Waals surface area (Å²) in [5.74, 6) is -3.87. The number of nitrogens with one attached hydrogen (secondary N) is 2. The zero-order chi connectivity index (χ0) is 13.1. The van der Waals surface area contributed by atoms with E-state index in [9.17, 15) is 18.4 Å². The molecule has 1 spiro atoms. The van der Waals surface area contributed by atoms with Gasteiger partial charge in [0.25, 0.3) is 11.8 Å². The van der Waals surface area contributed by atoms with E-state index in [1.54, 1.807) is 6.07 Å². The van der Waals surface area contributed by atoms with Gasteiger partial charge in [0.1, 0.15) is 0 Å². The highest BCUT2D eigenvalue weighted by molar-refractivity contribution is 9.10. The molecule has 0 bridgehead atoms. The van der Waals surface area contributed by atoms with E-state index < -0.39 is 29.8 Å². The highest BCUT2D eigenvalue weighted by Crippen LogP contribution is 2.52. The Morgan fingerprint density at radius 2 is 1.94 bits per heavy atom. The minimum absolute atomic E-state index is 0.152. The first kappa shape index (κ1) is 11.6. The van der Waals surface area contributed by atoms with Crippen LogP contribution in [0.2, 0.25) is 0 Å². The second kappa shape index (κ2) is 3.28. The molecule has 1 saturated heterocycles. The molecule has 0 radical (unpaired) electrons. The summed E-state index contributed by atoms with van der Waals surface area (Å²) in [6, 6.07) is 3.54. The SMILES string of the molecule is O=C1NC(=O)[C@@]2(CC(F)(F)c3cc(Br)ccc32)N1. The molecule has 1 fully saturated rings. The Balaban J connectivity index is 2.24. The van der Waals surface area contributed by atoms with Gasteiger partial charge in [0, 0.05) is 10.0 Å². The van der Waals surface area contributed by atoms with Gasteiger partial charge in [-0.3, -0.25) is 10.1 Å². The molecule has 94 valence electrons. The molecule has 0 saturated carbocycles. The van der Waals surface area contributed by atoms with E-state index in [1.807, 2.05) is 5.32 Å². The van der Waals surface area contributed by atoms with Gasteiger partial charge in [-0.1, -0.05) is 22.0 Å². The van der Waals surface area contributed by atoms with Crippen molar-refractivity contribution >= 4 is 27.9 Å². The van der Waals surface area contributed by atoms with Crippen LogP contribution in [0.4, 0.5) is 13.6 Å². The Bertz CT molecular complexity index is 590. The second-order valence-corrected chi connectivity index (χ2v) is 5.30. The summed E-state index contributed by atoms with van der Waals surface area (Å²) in [4.78, 5) is 23.0. The van der Waals surface area contributed by atoms with Gasteiger partial charge in [0.05, 0.1) is 6.42 Å². The van der Waals surface area contributed by atoms with Gasteiger partial charge < -0.3 is 5.32 Å². The van der Waals surface area contributed by atoms with Gasteiger partial charge in [-0.2, -0.15) is 0 Å². The van der Waals surface area contributed by atoms with Crippen LogP contribution in [0.15, 0.2) is 22.7 Å². The number of fused-ring (bicyclic) bond motifs is 2. The Hall–Kier alpha value is -1.50. The fraction of sp³-hybridized carbons (Fsp3) is 0.273. The first-order chi connectivity index (χ1) is 8.35. The van der Waals surface area contributed by atoms with E-state index >= 15 is 0 Å². The number of benzene rings is 1. The van der Waals surface area contributed by atoms with Gasteiger partial charge in [-0.05, 0) is 17.7 Å². The van der Waals surface area contributed by atoms with Crippen LogP contribution >= 0.6 is 15.9 Å². The van der Waals surface area contributed by atoms with Crippen LogP contribution in [0.25, 0.3) is 0 Å². The molecule has 2 N–H and O–H groups in total. The van der Waals surface area contributed by atoms with Gasteiger partial charge >= 0.3 is 6.03 Å². The van der Waals surface area contributed by atoms with Crippen molar-refractivity contribution in [2.45, 2.75) is 17.9 Å². The number of hydrogen-bond donors (Lipinski definition) is 2. The van der Waals surface area contributed by atoms with E-state index in [4.69, 9.17) is 0 Å². The fourth-order valence-electron chi connectivity index (χ4n) is 2.52. The molecule has 1 aromatic rings. The van der Waals surface area contributed by atoms with Gasteiger partial charge in [0.15, 0.2) is 5.54 Å². The van der Waals surface area contributed by atoms with Crippen molar-refractivity contribution in [3.05, 3.63) is 33.8 Å². The number of amides is 3. The fourth-order valence-corrected chi connectivity index (χ4v) is 2.88. The van der Waals surface area contributed by atoms with Crippen molar-refractivity contribution in [2.75, 3.05) is 0 Å². The molecule has 1 aliphatic heterocycles. The Kier molecular flexibility index (Phi) is 2.11. The lowest BCUT2D eigenvalue weighted by atomic mass is 9.92. The molecule has 1 atom stereocenters. The molecule has 3 rings (SSSR count). The van der Waals surface area contributed by atoms with Crippen LogP contribution in [0.1, 0.15) is 17.5 Å². The summed E-state index contributed by atoms with van der Waals surface area (Å²) in [7, 11) is 0. The Morgan fingerprint density at radius 1 is 1.22 bits per heavy atom. The van der Waals surface area contributed by atoms with Gasteiger partial charge in [-0.25, -0.2) is 13.6 Å². The van der Waals surface area contributed by atoms with Crippen LogP contribution in [0.5, 0.6) is 0 Å². The summed E-state index contributed by atoms with van der Waals surface area (Å²) in [5.41, 5.74) is -1.72. The highest BCUT2D eigenvalue weighted by atomic mass is 79.9. The van der Waals surface area contributed by atoms with Crippen LogP contribution in [0, 0.1) is 0 Å². The maximum Gasteiger partial charge on any atom is 0.322 e. The first-order valence-electron chi connectivity index (χ1n) is 5.17. The van der Waals surface area contributed by atoms with Crippen molar-refractivity contribution in [1.29, 1.82) is 0 Å². The summed E-state index contributed by atoms with van der Waals surface area (Å²) < 4.78 is 28.4. The molecular weight excluding hydrogens is 310 g/mol. The zero-order valence-electron chi connectivity index (χ0n) is 8.89. The minimum atomic E-state index is -3.14. The van der Waals surface area contributed by atoms with Gasteiger partial charge in [-0.15, -0.1) is 0 Å². The molecule has 18 heavy (non-hydrogen) atoms. The molecule has 7 heteroatoms. The van der Waals surface area contributed by atoms with E-state index in [-0.39, 0.29) is 11.1 Å². The third-order valence-electron chi connectivity index (χ3n) is 3.26. The number of alkyl halides is 2. The van der Waals surface area contributed by atoms with Gasteiger partial charge in [0.2, 0.25) is 0 Å². The number of carbonyl (C=O) groups is 2. The number of hydrogen-bond acceptors (Lipinski definition) is 2. The lowest BCUT2D eigenvalue weighted by molar-refractivity contribution is -0.127. The van der Waals surface area contributed by atoms with Crippen molar-refractivity contribution < 1.29 is 18.4 Å². The maximum atomic E-state index is 14.0. The van der Waals surface area contributed by atoms with E-state index in [2.05, 4.69) is 21.2 Å². The number of imide groups is 1. The van der Waals surface area contributed by atoms with E-state index in [0.717, 1.165) is 0 Å². The number of halogens is 3. The molecule has 4 nitrogen and oxygen atoms in total. The Morgan fingerprint density at radius 3 is 2.56 bits per heavy atom. The van der Waals surface area contributed by atoms with Crippen molar-refractivity contribution in [1.82, 2.24) is 10.6 Å². The van der Waals surface area contributed by atoms with Crippen molar-refractivity contribution in [2.24, 2.45) is 0 Å². The third-order valence-corrected chi connectivity index (χ3v) is 3.76. The summed E-state index contributed by atoms with van der Waals surface area (Å²) in [6.45, 7) is 0. The highest BCUT2D eigenvalue weighted by Gasteiger charge is 2.61. The lowest BCUT2D eigenvalue weighted by Gasteiger charge is -2.20. The van der Waals surface area contributed by atoms with Crippen LogP contribution in [-0.2, 0) is 16.3 Å². The first-order valence-corrected chi connectivity index (χ1v) is 5.96. The summed E-state index contributed by atoms with van der Waals surface area (Å²) in [5, 5.41) is 4.32. The normalized spacial score (nSPS) is 28.2. The number of carbonyl (C=O) groups excluding carboxylic acids is 2. The maximum absolute atomic E-state index is 14.0. The minimum Gasteiger partial charge on any atom is -0.319 e. The number of rotatable bonds is 0. The van der Waals surface area contributed by atoms with E-state index in [0.29, 0.717) is 4.47 Å². The molecular formula is C11H7BrF2N2O2. The molecule has 2 aliphatic rings. The zero-order valence-corrected chi connectivity index (χ0v) is 10.5. The molecule has 3 amide bonds. The smallest absolute Gasteiger partial charge is 0.319 e. The predicted octanol–water partition coefficient (Wildman–Crippen LogP) is 1.98. The predicted molar refractivity (Wildman–Crippen MR) is 61.0 cm³/mol. The van der Waals surface area contributed by atoms with Crippen LogP contribution in [-0.4, -0.2) is 11.9 Å². The average Bonchev–Trinajstić information content (AvgIpc) is 2.64. The molecule has 1 aliphatic carbocycles. The lowest BCUT2D eigenvalue weighted by Crippen LogP contribution is -2.42. The van der Waals surface area contributed by atoms with Crippen molar-refractivity contribution in [3.8, 4) is 0 Å².